The van der Waals surface area contributed by atoms with Crippen molar-refractivity contribution in [2.75, 3.05) is 12.3 Å². The molecule has 0 aliphatic carbocycles. The van der Waals surface area contributed by atoms with E-state index in [9.17, 15) is 4.79 Å². The Kier molecular flexibility index (Phi) is 20.7. The Morgan fingerprint density at radius 3 is 1.84 bits per heavy atom. The summed E-state index contributed by atoms with van der Waals surface area (Å²) in [5, 5.41) is 0.258. The highest BCUT2D eigenvalue weighted by Crippen LogP contribution is 2.13. The molecule has 2 nitrogen and oxygen atoms in total. The number of nitrogens with two attached hydrogens (primary N) is 1. The van der Waals surface area contributed by atoms with Crippen LogP contribution in [0, 0.1) is 0 Å². The van der Waals surface area contributed by atoms with Gasteiger partial charge in [-0.1, -0.05) is 76.5 Å². The van der Waals surface area contributed by atoms with Crippen LogP contribution in [0.2, 0.25) is 0 Å². The quantitative estimate of drug-likeness (QED) is 0.490. The van der Waals surface area contributed by atoms with Gasteiger partial charge in [-0.3, -0.25) is 4.79 Å². The summed E-state index contributed by atoms with van der Waals surface area (Å²) < 4.78 is 0. The summed E-state index contributed by atoms with van der Waals surface area (Å²) in [6, 6.07) is 0. The fourth-order valence-corrected chi connectivity index (χ4v) is 2.80. The van der Waals surface area contributed by atoms with Gasteiger partial charge < -0.3 is 5.73 Å². The third-order valence-electron chi connectivity index (χ3n) is 3.11. The fraction of sp³-hybridized carbons (Fsp3) is 0.933. The van der Waals surface area contributed by atoms with Gasteiger partial charge in [0.25, 0.3) is 0 Å². The number of rotatable bonds is 13. The molecule has 0 bridgehead atoms. The van der Waals surface area contributed by atoms with Crippen LogP contribution < -0.4 is 5.73 Å². The minimum Gasteiger partial charge on any atom is -0.330 e. The molecule has 0 radical (unpaired) electrons. The Morgan fingerprint density at radius 1 is 0.895 bits per heavy atom. The summed E-state index contributed by atoms with van der Waals surface area (Å²) in [5.41, 5.74) is 5.32. The molecule has 0 atom stereocenters. The predicted octanol–water partition coefficient (Wildman–Crippen LogP) is 4.94. The number of thioether (sulfide) groups is 1. The number of carbonyl (C=O) groups excluding carboxylic acids is 1. The topological polar surface area (TPSA) is 43.1 Å². The molecule has 2 N–H and O–H groups in total. The number of hydrogen-bond acceptors (Lipinski definition) is 3. The zero-order chi connectivity index (χ0) is 13.5. The summed E-state index contributed by atoms with van der Waals surface area (Å²) in [7, 11) is 0. The van der Waals surface area contributed by atoms with Crippen molar-refractivity contribution >= 4 is 29.3 Å². The average Bonchev–Trinajstić information content (AvgIpc) is 2.36. The van der Waals surface area contributed by atoms with Crippen LogP contribution in [0.1, 0.15) is 77.6 Å². The van der Waals surface area contributed by atoms with E-state index >= 15 is 0 Å². The lowest BCUT2D eigenvalue weighted by Crippen LogP contribution is -2.04. The molecule has 0 unspecified atom stereocenters. The van der Waals surface area contributed by atoms with E-state index in [2.05, 4.69) is 6.92 Å². The Bertz CT molecular complexity index is 191. The lowest BCUT2D eigenvalue weighted by atomic mass is 10.1. The molecule has 0 aromatic rings. The first-order chi connectivity index (χ1) is 8.81. The Labute approximate surface area is 130 Å². The minimum atomic E-state index is 0. The zero-order valence-electron chi connectivity index (χ0n) is 12.5. The average molecular weight is 310 g/mol. The molecular weight excluding hydrogens is 278 g/mol. The van der Waals surface area contributed by atoms with E-state index in [4.69, 9.17) is 5.73 Å². The van der Waals surface area contributed by atoms with Crippen molar-refractivity contribution in [1.29, 1.82) is 0 Å². The van der Waals surface area contributed by atoms with Gasteiger partial charge in [-0.25, -0.2) is 0 Å². The van der Waals surface area contributed by atoms with E-state index in [-0.39, 0.29) is 17.5 Å². The molecule has 0 amide bonds. The standard InChI is InChI=1S/C15H31NOS.ClH/c1-2-3-4-5-6-7-8-9-10-11-14-18-15(17)12-13-16;/h2-14,16H2,1H3;1H. The van der Waals surface area contributed by atoms with Gasteiger partial charge in [0.2, 0.25) is 0 Å². The van der Waals surface area contributed by atoms with Crippen LogP contribution in [-0.2, 0) is 4.79 Å². The van der Waals surface area contributed by atoms with Gasteiger partial charge in [-0.05, 0) is 6.42 Å². The molecular formula is C15H32ClNOS. The summed E-state index contributed by atoms with van der Waals surface area (Å²) in [6.07, 6.45) is 14.0. The first-order valence-corrected chi connectivity index (χ1v) is 8.65. The van der Waals surface area contributed by atoms with Gasteiger partial charge in [0.05, 0.1) is 0 Å². The maximum atomic E-state index is 11.2. The van der Waals surface area contributed by atoms with Gasteiger partial charge in [0.1, 0.15) is 0 Å². The smallest absolute Gasteiger partial charge is 0.190 e. The molecule has 0 aliphatic heterocycles. The van der Waals surface area contributed by atoms with Crippen LogP contribution in [0.3, 0.4) is 0 Å². The van der Waals surface area contributed by atoms with Crippen LogP contribution in [0.5, 0.6) is 0 Å². The molecule has 0 saturated heterocycles. The largest absolute Gasteiger partial charge is 0.330 e. The zero-order valence-corrected chi connectivity index (χ0v) is 14.1. The lowest BCUT2D eigenvalue weighted by molar-refractivity contribution is -0.110. The van der Waals surface area contributed by atoms with Crippen molar-refractivity contribution in [3.63, 3.8) is 0 Å². The Morgan fingerprint density at radius 2 is 1.37 bits per heavy atom. The number of unbranched alkanes of at least 4 members (excludes halogenated alkanes) is 9. The second-order valence-electron chi connectivity index (χ2n) is 4.94. The van der Waals surface area contributed by atoms with Crippen molar-refractivity contribution in [3.05, 3.63) is 0 Å². The number of hydrogen-bond donors (Lipinski definition) is 1. The van der Waals surface area contributed by atoms with Gasteiger partial charge >= 0.3 is 0 Å². The van der Waals surface area contributed by atoms with E-state index in [0.29, 0.717) is 13.0 Å². The molecule has 0 rings (SSSR count). The second-order valence-corrected chi connectivity index (χ2v) is 6.09. The third-order valence-corrected chi connectivity index (χ3v) is 4.13. The SMILES string of the molecule is CCCCCCCCCCCCSC(=O)CCN.Cl. The molecule has 0 aromatic carbocycles. The molecule has 0 saturated carbocycles. The Balaban J connectivity index is 0. The lowest BCUT2D eigenvalue weighted by Gasteiger charge is -2.02. The molecule has 4 heteroatoms. The van der Waals surface area contributed by atoms with Crippen LogP contribution >= 0.6 is 24.2 Å². The van der Waals surface area contributed by atoms with Crippen molar-refractivity contribution in [3.8, 4) is 0 Å². The van der Waals surface area contributed by atoms with E-state index < -0.39 is 0 Å². The van der Waals surface area contributed by atoms with E-state index in [1.165, 1.54) is 76.0 Å². The number of halogens is 1. The summed E-state index contributed by atoms with van der Waals surface area (Å²) in [5.74, 6) is 0.981. The maximum Gasteiger partial charge on any atom is 0.190 e. The summed E-state index contributed by atoms with van der Waals surface area (Å²) in [4.78, 5) is 11.2. The normalized spacial score (nSPS) is 10.2. The van der Waals surface area contributed by atoms with Gasteiger partial charge in [0, 0.05) is 18.7 Å². The molecule has 0 fully saturated rings. The molecule has 0 spiro atoms. The highest BCUT2D eigenvalue weighted by atomic mass is 35.5. The van der Waals surface area contributed by atoms with Crippen LogP contribution in [0.25, 0.3) is 0 Å². The van der Waals surface area contributed by atoms with Crippen LogP contribution in [-0.4, -0.2) is 17.4 Å². The highest BCUT2D eigenvalue weighted by Gasteiger charge is 2.00. The molecule has 0 heterocycles. The molecule has 19 heavy (non-hydrogen) atoms. The van der Waals surface area contributed by atoms with Crippen LogP contribution in [0.15, 0.2) is 0 Å². The maximum absolute atomic E-state index is 11.2. The van der Waals surface area contributed by atoms with Gasteiger partial charge in [-0.2, -0.15) is 0 Å². The van der Waals surface area contributed by atoms with Gasteiger partial charge in [-0.15, -0.1) is 12.4 Å². The molecule has 116 valence electrons. The van der Waals surface area contributed by atoms with E-state index in [1.807, 2.05) is 0 Å². The monoisotopic (exact) mass is 309 g/mol. The van der Waals surface area contributed by atoms with Crippen molar-refractivity contribution in [2.45, 2.75) is 77.6 Å². The van der Waals surface area contributed by atoms with E-state index in [1.54, 1.807) is 0 Å². The first-order valence-electron chi connectivity index (χ1n) is 7.67. The first kappa shape index (κ1) is 21.6. The second kappa shape index (κ2) is 18.3. The van der Waals surface area contributed by atoms with Crippen molar-refractivity contribution in [1.82, 2.24) is 0 Å². The fourth-order valence-electron chi connectivity index (χ4n) is 1.97. The van der Waals surface area contributed by atoms with E-state index in [0.717, 1.165) is 5.75 Å². The third kappa shape index (κ3) is 18.3. The molecule has 0 aliphatic rings. The van der Waals surface area contributed by atoms with Crippen LogP contribution in [0.4, 0.5) is 0 Å². The van der Waals surface area contributed by atoms with Gasteiger partial charge in [0.15, 0.2) is 5.12 Å². The Hall–Kier alpha value is 0.270. The molecule has 0 aromatic heterocycles. The summed E-state index contributed by atoms with van der Waals surface area (Å²) in [6.45, 7) is 2.75. The van der Waals surface area contributed by atoms with Crippen molar-refractivity contribution < 1.29 is 4.79 Å². The van der Waals surface area contributed by atoms with Crippen molar-refractivity contribution in [2.24, 2.45) is 5.73 Å². The summed E-state index contributed by atoms with van der Waals surface area (Å²) >= 11 is 1.46. The number of carbonyl (C=O) groups is 1. The minimum absolute atomic E-state index is 0. The predicted molar refractivity (Wildman–Crippen MR) is 90.2 cm³/mol. The highest BCUT2D eigenvalue weighted by molar-refractivity contribution is 8.13.